The van der Waals surface area contributed by atoms with Crippen LogP contribution < -0.4 is 5.32 Å². The Kier molecular flexibility index (Phi) is 5.76. The highest BCUT2D eigenvalue weighted by molar-refractivity contribution is 5.80. The average Bonchev–Trinajstić information content (AvgIpc) is 2.12. The van der Waals surface area contributed by atoms with Gasteiger partial charge in [-0.3, -0.25) is 4.79 Å². The first-order valence-corrected chi connectivity index (χ1v) is 4.52. The van der Waals surface area contributed by atoms with Gasteiger partial charge in [0.1, 0.15) is 0 Å². The molecule has 0 saturated heterocycles. The molecular weight excluding hydrogens is 270 g/mol. The Bertz CT molecular complexity index is 318. The molecule has 5 nitrogen and oxygen atoms in total. The van der Waals surface area contributed by atoms with Gasteiger partial charge in [0, 0.05) is 18.0 Å². The van der Waals surface area contributed by atoms with Crippen LogP contribution in [0.3, 0.4) is 0 Å². The largest absolute Gasteiger partial charge is 0.409 e. The number of carbonyl (C=O) groups excluding carboxylic acids is 1. The van der Waals surface area contributed by atoms with E-state index in [1.54, 1.807) is 0 Å². The van der Waals surface area contributed by atoms with E-state index in [9.17, 15) is 31.1 Å². The van der Waals surface area contributed by atoms with E-state index in [0.29, 0.717) is 0 Å². The van der Waals surface area contributed by atoms with E-state index in [2.05, 4.69) is 10.0 Å². The molecule has 18 heavy (non-hydrogen) atoms. The zero-order chi connectivity index (χ0) is 14.4. The summed E-state index contributed by atoms with van der Waals surface area (Å²) in [6.45, 7) is -0.583. The normalized spacial score (nSPS) is 12.2. The SMILES string of the molecule is [N-]=[N+]=NCCCNC(=O)C(C(F)(F)F)C(F)(F)F. The Morgan fingerprint density at radius 3 is 2.11 bits per heavy atom. The molecule has 0 aromatic rings. The van der Waals surface area contributed by atoms with Crippen molar-refractivity contribution < 1.29 is 31.1 Å². The molecule has 0 aliphatic rings. The molecule has 0 heterocycles. The Morgan fingerprint density at radius 2 is 1.72 bits per heavy atom. The molecule has 0 atom stereocenters. The van der Waals surface area contributed by atoms with Crippen LogP contribution in [-0.2, 0) is 4.79 Å². The van der Waals surface area contributed by atoms with Crippen molar-refractivity contribution in [1.82, 2.24) is 5.32 Å². The van der Waals surface area contributed by atoms with Crippen molar-refractivity contribution in [2.45, 2.75) is 18.8 Å². The molecule has 0 rings (SSSR count). The number of amides is 1. The van der Waals surface area contributed by atoms with Gasteiger partial charge in [-0.15, -0.1) is 0 Å². The smallest absolute Gasteiger partial charge is 0.355 e. The van der Waals surface area contributed by atoms with E-state index >= 15 is 0 Å². The molecule has 0 saturated carbocycles. The summed E-state index contributed by atoms with van der Waals surface area (Å²) in [6.07, 6.45) is -11.5. The van der Waals surface area contributed by atoms with E-state index in [-0.39, 0.29) is 13.0 Å². The second-order valence-electron chi connectivity index (χ2n) is 3.12. The van der Waals surface area contributed by atoms with Crippen molar-refractivity contribution >= 4 is 5.91 Å². The standard InChI is InChI=1S/C7H8F6N4O/c8-6(9,10)4(7(11,12)13)5(18)15-2-1-3-16-17-14/h4H,1-3H2,(H,15,18). The fraction of sp³-hybridized carbons (Fsp3) is 0.857. The van der Waals surface area contributed by atoms with E-state index in [1.807, 2.05) is 0 Å². The van der Waals surface area contributed by atoms with E-state index in [4.69, 9.17) is 5.53 Å². The Morgan fingerprint density at radius 1 is 1.22 bits per heavy atom. The molecule has 0 radical (unpaired) electrons. The first-order chi connectivity index (χ1) is 8.10. The molecule has 0 fully saturated rings. The molecule has 104 valence electrons. The fourth-order valence-electron chi connectivity index (χ4n) is 0.991. The van der Waals surface area contributed by atoms with E-state index < -0.39 is 30.7 Å². The average molecular weight is 278 g/mol. The van der Waals surface area contributed by atoms with Gasteiger partial charge in [0.25, 0.3) is 0 Å². The summed E-state index contributed by atoms with van der Waals surface area (Å²) in [6, 6.07) is 0. The lowest BCUT2D eigenvalue weighted by atomic mass is 10.1. The second-order valence-corrected chi connectivity index (χ2v) is 3.12. The quantitative estimate of drug-likeness (QED) is 0.271. The number of rotatable bonds is 5. The lowest BCUT2D eigenvalue weighted by Gasteiger charge is -2.21. The van der Waals surface area contributed by atoms with Crippen molar-refractivity contribution in [3.8, 4) is 0 Å². The fourth-order valence-corrected chi connectivity index (χ4v) is 0.991. The van der Waals surface area contributed by atoms with Crippen LogP contribution in [0.25, 0.3) is 10.4 Å². The number of hydrogen-bond donors (Lipinski definition) is 1. The van der Waals surface area contributed by atoms with Crippen molar-refractivity contribution in [3.63, 3.8) is 0 Å². The van der Waals surface area contributed by atoms with Crippen molar-refractivity contribution in [1.29, 1.82) is 0 Å². The zero-order valence-electron chi connectivity index (χ0n) is 8.72. The number of halogens is 6. The Labute approximate surface area is 96.8 Å². The van der Waals surface area contributed by atoms with Crippen LogP contribution in [0.2, 0.25) is 0 Å². The monoisotopic (exact) mass is 278 g/mol. The van der Waals surface area contributed by atoms with Gasteiger partial charge >= 0.3 is 12.4 Å². The third-order valence-corrected chi connectivity index (χ3v) is 1.71. The zero-order valence-corrected chi connectivity index (χ0v) is 8.72. The maximum absolute atomic E-state index is 12.0. The van der Waals surface area contributed by atoms with Gasteiger partial charge < -0.3 is 5.32 Å². The van der Waals surface area contributed by atoms with Crippen LogP contribution in [0.15, 0.2) is 5.11 Å². The first-order valence-electron chi connectivity index (χ1n) is 4.52. The number of nitrogens with zero attached hydrogens (tertiary/aromatic N) is 3. The van der Waals surface area contributed by atoms with Crippen molar-refractivity contribution in [3.05, 3.63) is 10.4 Å². The lowest BCUT2D eigenvalue weighted by Crippen LogP contribution is -2.48. The number of carbonyl (C=O) groups is 1. The molecule has 0 aromatic carbocycles. The molecule has 0 spiro atoms. The van der Waals surface area contributed by atoms with Gasteiger partial charge in [0.15, 0.2) is 0 Å². The van der Waals surface area contributed by atoms with Gasteiger partial charge in [-0.05, 0) is 12.0 Å². The summed E-state index contributed by atoms with van der Waals surface area (Å²) in [5.74, 6) is -6.22. The molecule has 0 unspecified atom stereocenters. The van der Waals surface area contributed by atoms with Gasteiger partial charge in [0.2, 0.25) is 11.8 Å². The summed E-state index contributed by atoms with van der Waals surface area (Å²) in [4.78, 5) is 13.1. The molecule has 1 amide bonds. The summed E-state index contributed by atoms with van der Waals surface area (Å²) in [7, 11) is 0. The highest BCUT2D eigenvalue weighted by Gasteiger charge is 2.60. The minimum Gasteiger partial charge on any atom is -0.355 e. The van der Waals surface area contributed by atoms with E-state index in [1.165, 1.54) is 5.32 Å². The van der Waals surface area contributed by atoms with Crippen LogP contribution in [0, 0.1) is 5.92 Å². The molecule has 0 aromatic heterocycles. The van der Waals surface area contributed by atoms with Gasteiger partial charge in [-0.25, -0.2) is 0 Å². The first kappa shape index (κ1) is 16.4. The molecule has 0 aliphatic heterocycles. The number of hydrogen-bond acceptors (Lipinski definition) is 2. The third-order valence-electron chi connectivity index (χ3n) is 1.71. The highest BCUT2D eigenvalue weighted by Crippen LogP contribution is 2.39. The molecule has 1 N–H and O–H groups in total. The summed E-state index contributed by atoms with van der Waals surface area (Å²) < 4.78 is 72.3. The number of nitrogens with one attached hydrogen (secondary N) is 1. The van der Waals surface area contributed by atoms with Crippen LogP contribution in [-0.4, -0.2) is 31.3 Å². The highest BCUT2D eigenvalue weighted by atomic mass is 19.4. The van der Waals surface area contributed by atoms with Gasteiger partial charge in [-0.1, -0.05) is 5.11 Å². The molecule has 11 heteroatoms. The Hall–Kier alpha value is -1.64. The number of alkyl halides is 6. The predicted octanol–water partition coefficient (Wildman–Crippen LogP) is 2.54. The lowest BCUT2D eigenvalue weighted by molar-refractivity contribution is -0.274. The predicted molar refractivity (Wildman–Crippen MR) is 47.2 cm³/mol. The van der Waals surface area contributed by atoms with E-state index in [0.717, 1.165) is 0 Å². The molecule has 0 bridgehead atoms. The molecular formula is C7H8F6N4O. The van der Waals surface area contributed by atoms with Crippen molar-refractivity contribution in [2.24, 2.45) is 11.0 Å². The van der Waals surface area contributed by atoms with Crippen LogP contribution in [0.5, 0.6) is 0 Å². The minimum absolute atomic E-state index is 0.0573. The van der Waals surface area contributed by atoms with Crippen LogP contribution in [0.1, 0.15) is 6.42 Å². The van der Waals surface area contributed by atoms with Crippen molar-refractivity contribution in [2.75, 3.05) is 13.1 Å². The summed E-state index contributed by atoms with van der Waals surface area (Å²) in [5.41, 5.74) is 7.85. The molecule has 0 aliphatic carbocycles. The topological polar surface area (TPSA) is 77.9 Å². The second kappa shape index (κ2) is 6.34. The van der Waals surface area contributed by atoms with Gasteiger partial charge in [-0.2, -0.15) is 26.3 Å². The summed E-state index contributed by atoms with van der Waals surface area (Å²) >= 11 is 0. The maximum atomic E-state index is 12.0. The summed E-state index contributed by atoms with van der Waals surface area (Å²) in [5, 5.41) is 4.49. The van der Waals surface area contributed by atoms with Crippen LogP contribution in [0.4, 0.5) is 26.3 Å². The van der Waals surface area contributed by atoms with Crippen LogP contribution >= 0.6 is 0 Å². The minimum atomic E-state index is -5.70. The van der Waals surface area contributed by atoms with Gasteiger partial charge in [0.05, 0.1) is 0 Å². The maximum Gasteiger partial charge on any atom is 0.409 e. The number of azide groups is 1. The Balaban J connectivity index is 4.47. The third kappa shape index (κ3) is 5.62.